The number of anilines is 1. The number of aryl methyl sites for hydroxylation is 1. The highest BCUT2D eigenvalue weighted by Crippen LogP contribution is 2.32. The number of methoxy groups -OCH3 is 1. The van der Waals surface area contributed by atoms with Crippen molar-refractivity contribution in [2.45, 2.75) is 76.3 Å². The predicted molar refractivity (Wildman–Crippen MR) is 145 cm³/mol. The first-order chi connectivity index (χ1) is 20.0. The molecule has 2 aromatic rings. The van der Waals surface area contributed by atoms with Gasteiger partial charge >= 0.3 is 12.2 Å². The standard InChI is InChI=1S/C28H36F4N6O4/c1-3-38-21(12-13-33-38)25(39)36-24(17-8-6-4-5-7-9-17)26(40)34-20-11-10-18(14-19(20)29)22(16-42-2)37-15-23(28(30,31)32)35-27(37)41/h10-14,17,22-24H,3-9,15-16H2,1-2H3,(H,34,40)(H,35,41)(H,36,39)/t22-,23+,24+/m1/s1. The highest BCUT2D eigenvalue weighted by atomic mass is 19.4. The van der Waals surface area contributed by atoms with Crippen molar-refractivity contribution in [3.8, 4) is 0 Å². The number of hydrogen-bond acceptors (Lipinski definition) is 5. The zero-order valence-electron chi connectivity index (χ0n) is 23.5. The van der Waals surface area contributed by atoms with Gasteiger partial charge in [0.1, 0.15) is 23.6 Å². The number of hydrogen-bond donors (Lipinski definition) is 3. The summed E-state index contributed by atoms with van der Waals surface area (Å²) in [5, 5.41) is 11.4. The molecule has 2 heterocycles. The van der Waals surface area contributed by atoms with Gasteiger partial charge in [0.15, 0.2) is 0 Å². The summed E-state index contributed by atoms with van der Waals surface area (Å²) in [5.74, 6) is -2.04. The number of nitrogens with zero attached hydrogens (tertiary/aromatic N) is 3. The van der Waals surface area contributed by atoms with Gasteiger partial charge in [0.05, 0.1) is 24.9 Å². The first-order valence-corrected chi connectivity index (χ1v) is 14.1. The Balaban J connectivity index is 1.53. The van der Waals surface area contributed by atoms with Gasteiger partial charge in [0.2, 0.25) is 5.91 Å². The van der Waals surface area contributed by atoms with Crippen LogP contribution in [0.3, 0.4) is 0 Å². The molecule has 230 valence electrons. The average Bonchev–Trinajstić information content (AvgIpc) is 3.50. The number of alkyl halides is 3. The van der Waals surface area contributed by atoms with Crippen molar-refractivity contribution in [1.29, 1.82) is 0 Å². The van der Waals surface area contributed by atoms with Gasteiger partial charge in [0.25, 0.3) is 5.91 Å². The van der Waals surface area contributed by atoms with Crippen LogP contribution in [-0.4, -0.2) is 71.0 Å². The van der Waals surface area contributed by atoms with Gasteiger partial charge in [0, 0.05) is 19.9 Å². The summed E-state index contributed by atoms with van der Waals surface area (Å²) in [6, 6.07) is 0.420. The smallest absolute Gasteiger partial charge is 0.382 e. The Labute approximate surface area is 241 Å². The lowest BCUT2D eigenvalue weighted by atomic mass is 9.91. The van der Waals surface area contributed by atoms with Crippen LogP contribution in [0.25, 0.3) is 0 Å². The monoisotopic (exact) mass is 596 g/mol. The molecule has 0 radical (unpaired) electrons. The summed E-state index contributed by atoms with van der Waals surface area (Å²) in [5.41, 5.74) is 0.347. The third kappa shape index (κ3) is 7.20. The summed E-state index contributed by atoms with van der Waals surface area (Å²) in [4.78, 5) is 40.0. The van der Waals surface area contributed by atoms with E-state index in [1.54, 1.807) is 6.07 Å². The molecule has 4 amide bonds. The average molecular weight is 597 g/mol. The molecule has 1 aromatic carbocycles. The number of carbonyl (C=O) groups is 3. The molecule has 10 nitrogen and oxygen atoms in total. The van der Waals surface area contributed by atoms with E-state index in [9.17, 15) is 27.6 Å². The molecule has 2 aliphatic rings. The van der Waals surface area contributed by atoms with Crippen molar-refractivity contribution in [2.75, 3.05) is 25.6 Å². The fourth-order valence-corrected chi connectivity index (χ4v) is 5.62. The van der Waals surface area contributed by atoms with Crippen LogP contribution in [0, 0.1) is 11.7 Å². The van der Waals surface area contributed by atoms with Crippen LogP contribution in [-0.2, 0) is 16.1 Å². The maximum absolute atomic E-state index is 15.4. The highest BCUT2D eigenvalue weighted by Gasteiger charge is 2.48. The third-order valence-corrected chi connectivity index (χ3v) is 7.86. The minimum Gasteiger partial charge on any atom is -0.382 e. The van der Waals surface area contributed by atoms with E-state index < -0.39 is 54.5 Å². The van der Waals surface area contributed by atoms with Gasteiger partial charge in [-0.1, -0.05) is 31.7 Å². The summed E-state index contributed by atoms with van der Waals surface area (Å²) in [6.07, 6.45) is 2.17. The third-order valence-electron chi connectivity index (χ3n) is 7.86. The highest BCUT2D eigenvalue weighted by molar-refractivity contribution is 6.00. The summed E-state index contributed by atoms with van der Waals surface area (Å²) in [6.45, 7) is 1.48. The number of halogens is 4. The van der Waals surface area contributed by atoms with Crippen LogP contribution in [0.1, 0.15) is 67.5 Å². The summed E-state index contributed by atoms with van der Waals surface area (Å²) >= 11 is 0. The second kappa shape index (κ2) is 13.5. The van der Waals surface area contributed by atoms with E-state index in [0.717, 1.165) is 49.5 Å². The number of benzene rings is 1. The normalized spacial score (nSPS) is 19.6. The Morgan fingerprint density at radius 2 is 1.88 bits per heavy atom. The summed E-state index contributed by atoms with van der Waals surface area (Å²) < 4.78 is 61.6. The van der Waals surface area contributed by atoms with Crippen LogP contribution in [0.2, 0.25) is 0 Å². The van der Waals surface area contributed by atoms with Gasteiger partial charge in [-0.2, -0.15) is 18.3 Å². The molecule has 1 saturated heterocycles. The molecule has 1 aromatic heterocycles. The quantitative estimate of drug-likeness (QED) is 0.278. The number of amides is 4. The number of rotatable bonds is 10. The van der Waals surface area contributed by atoms with E-state index >= 15 is 4.39 Å². The Morgan fingerprint density at radius 3 is 2.48 bits per heavy atom. The minimum absolute atomic E-state index is 0.155. The van der Waals surface area contributed by atoms with Crippen LogP contribution >= 0.6 is 0 Å². The number of urea groups is 1. The van der Waals surface area contributed by atoms with Gasteiger partial charge in [-0.25, -0.2) is 9.18 Å². The van der Waals surface area contributed by atoms with Crippen LogP contribution in [0.15, 0.2) is 30.5 Å². The van der Waals surface area contributed by atoms with Crippen molar-refractivity contribution in [3.05, 3.63) is 47.5 Å². The fraction of sp³-hybridized carbons (Fsp3) is 0.571. The lowest BCUT2D eigenvalue weighted by Crippen LogP contribution is -2.49. The second-order valence-electron chi connectivity index (χ2n) is 10.6. The van der Waals surface area contributed by atoms with Gasteiger partial charge < -0.3 is 25.6 Å². The van der Waals surface area contributed by atoms with Crippen LogP contribution in [0.4, 0.5) is 28.0 Å². The molecule has 0 unspecified atom stereocenters. The van der Waals surface area contributed by atoms with Crippen molar-refractivity contribution in [2.24, 2.45) is 5.92 Å². The summed E-state index contributed by atoms with van der Waals surface area (Å²) in [7, 11) is 1.32. The zero-order chi connectivity index (χ0) is 30.4. The molecule has 14 heteroatoms. The Morgan fingerprint density at radius 1 is 1.17 bits per heavy atom. The molecule has 1 aliphatic carbocycles. The van der Waals surface area contributed by atoms with Crippen LogP contribution < -0.4 is 16.0 Å². The number of aromatic nitrogens is 2. The van der Waals surface area contributed by atoms with E-state index in [1.165, 1.54) is 30.1 Å². The van der Waals surface area contributed by atoms with E-state index in [2.05, 4.69) is 15.7 Å². The largest absolute Gasteiger partial charge is 0.410 e. The van der Waals surface area contributed by atoms with E-state index in [-0.39, 0.29) is 23.8 Å². The van der Waals surface area contributed by atoms with Crippen molar-refractivity contribution < 1.29 is 36.7 Å². The van der Waals surface area contributed by atoms with E-state index in [4.69, 9.17) is 4.74 Å². The molecule has 2 fully saturated rings. The second-order valence-corrected chi connectivity index (χ2v) is 10.6. The first kappa shape index (κ1) is 31.3. The Hall–Kier alpha value is -3.68. The molecule has 0 bridgehead atoms. The number of ether oxygens (including phenoxy) is 1. The molecule has 42 heavy (non-hydrogen) atoms. The van der Waals surface area contributed by atoms with Gasteiger partial charge in [-0.05, 0) is 49.4 Å². The first-order valence-electron chi connectivity index (χ1n) is 14.1. The van der Waals surface area contributed by atoms with Crippen molar-refractivity contribution in [1.82, 2.24) is 25.3 Å². The van der Waals surface area contributed by atoms with Gasteiger partial charge in [-0.3, -0.25) is 14.3 Å². The van der Waals surface area contributed by atoms with Crippen molar-refractivity contribution in [3.63, 3.8) is 0 Å². The molecule has 1 saturated carbocycles. The molecular formula is C28H36F4N6O4. The Bertz CT molecular complexity index is 1260. The van der Waals surface area contributed by atoms with E-state index in [1.807, 2.05) is 12.2 Å². The fourth-order valence-electron chi connectivity index (χ4n) is 5.62. The lowest BCUT2D eigenvalue weighted by molar-refractivity contribution is -0.150. The van der Waals surface area contributed by atoms with E-state index in [0.29, 0.717) is 12.2 Å². The number of nitrogens with one attached hydrogen (secondary N) is 3. The number of carbonyl (C=O) groups excluding carboxylic acids is 3. The predicted octanol–water partition coefficient (Wildman–Crippen LogP) is 4.39. The van der Waals surface area contributed by atoms with Crippen molar-refractivity contribution >= 4 is 23.5 Å². The molecular weight excluding hydrogens is 560 g/mol. The molecule has 3 atom stereocenters. The Kier molecular flexibility index (Phi) is 10.1. The zero-order valence-corrected chi connectivity index (χ0v) is 23.5. The lowest BCUT2D eigenvalue weighted by Gasteiger charge is -2.28. The molecule has 3 N–H and O–H groups in total. The topological polar surface area (TPSA) is 118 Å². The molecule has 4 rings (SSSR count). The molecule has 0 spiro atoms. The van der Waals surface area contributed by atoms with Gasteiger partial charge in [-0.15, -0.1) is 0 Å². The molecule has 1 aliphatic heterocycles. The minimum atomic E-state index is -4.64. The SMILES string of the molecule is CCn1nccc1C(=O)N[C@H](C(=O)Nc1ccc([C@@H](COC)N2C[C@@H](C(F)(F)F)NC2=O)cc1F)C1CCCCCC1. The van der Waals surface area contributed by atoms with Crippen LogP contribution in [0.5, 0.6) is 0 Å². The maximum atomic E-state index is 15.4. The maximum Gasteiger partial charge on any atom is 0.410 e.